The molecule has 3 rings (SSSR count). The van der Waals surface area contributed by atoms with Crippen LogP contribution in [0.25, 0.3) is 5.65 Å². The number of amides is 1. The van der Waals surface area contributed by atoms with Crippen LogP contribution in [0.4, 0.5) is 4.39 Å². The normalized spacial score (nSPS) is 12.4. The highest BCUT2D eigenvalue weighted by Gasteiger charge is 2.23. The number of aliphatic hydroxyl groups excluding tert-OH is 1. The molecular weight excluding hydrogens is 361 g/mol. The second kappa shape index (κ2) is 7.59. The first kappa shape index (κ1) is 19.8. The van der Waals surface area contributed by atoms with E-state index in [4.69, 9.17) is 0 Å². The average molecular weight is 385 g/mol. The largest absolute Gasteiger partial charge is 0.504 e. The lowest BCUT2D eigenvalue weighted by Gasteiger charge is -2.18. The van der Waals surface area contributed by atoms with E-state index in [9.17, 15) is 19.4 Å². The number of rotatable bonds is 5. The third-order valence-electron chi connectivity index (χ3n) is 5.03. The fourth-order valence-corrected chi connectivity index (χ4v) is 3.23. The van der Waals surface area contributed by atoms with Crippen molar-refractivity contribution in [1.82, 2.24) is 14.3 Å². The number of halogens is 1. The van der Waals surface area contributed by atoms with Gasteiger partial charge in [-0.05, 0) is 44.4 Å². The molecule has 0 saturated heterocycles. The first-order chi connectivity index (χ1) is 13.2. The molecule has 0 unspecified atom stereocenters. The van der Waals surface area contributed by atoms with E-state index in [0.717, 1.165) is 11.4 Å². The maximum absolute atomic E-state index is 13.1. The summed E-state index contributed by atoms with van der Waals surface area (Å²) in [7, 11) is 3.29. The lowest BCUT2D eigenvalue weighted by atomic mass is 9.98. The number of carbonyl (C=O) groups excluding carboxylic acids is 1. The predicted molar refractivity (Wildman–Crippen MR) is 104 cm³/mol. The van der Waals surface area contributed by atoms with Crippen molar-refractivity contribution >= 4 is 11.6 Å². The van der Waals surface area contributed by atoms with E-state index < -0.39 is 6.10 Å². The number of aliphatic hydroxyl groups is 1. The standard InChI is InChI=1S/C21H24FN3O3/c1-12-13(2)25-11-17(21(28)24(3)4)16(19(27)20(25)23-12)9-10-18(26)14-5-7-15(22)8-6-14/h5-8,11,18,26-27H,9-10H2,1-4H3/t18-/m1/s1. The molecule has 2 aromatic heterocycles. The number of pyridine rings is 1. The molecule has 1 atom stereocenters. The molecule has 0 radical (unpaired) electrons. The summed E-state index contributed by atoms with van der Waals surface area (Å²) in [5, 5.41) is 21.3. The summed E-state index contributed by atoms with van der Waals surface area (Å²) in [5.41, 5.74) is 3.38. The van der Waals surface area contributed by atoms with E-state index >= 15 is 0 Å². The minimum Gasteiger partial charge on any atom is -0.504 e. The van der Waals surface area contributed by atoms with Gasteiger partial charge in [-0.15, -0.1) is 0 Å². The third kappa shape index (κ3) is 3.57. The van der Waals surface area contributed by atoms with Crippen molar-refractivity contribution in [1.29, 1.82) is 0 Å². The Labute approximate surface area is 162 Å². The summed E-state index contributed by atoms with van der Waals surface area (Å²) in [4.78, 5) is 18.5. The Morgan fingerprint density at radius 1 is 1.25 bits per heavy atom. The maximum atomic E-state index is 13.1. The van der Waals surface area contributed by atoms with E-state index in [1.54, 1.807) is 24.7 Å². The fourth-order valence-electron chi connectivity index (χ4n) is 3.23. The number of hydrogen-bond donors (Lipinski definition) is 2. The van der Waals surface area contributed by atoms with Crippen molar-refractivity contribution < 1.29 is 19.4 Å². The SMILES string of the molecule is Cc1nc2c(O)c(CC[C@@H](O)c3ccc(F)cc3)c(C(=O)N(C)C)cn2c1C. The van der Waals surface area contributed by atoms with Crippen LogP contribution in [0.3, 0.4) is 0 Å². The van der Waals surface area contributed by atoms with Gasteiger partial charge in [0.25, 0.3) is 5.91 Å². The fraction of sp³-hybridized carbons (Fsp3) is 0.333. The second-order valence-electron chi connectivity index (χ2n) is 7.15. The first-order valence-electron chi connectivity index (χ1n) is 9.06. The van der Waals surface area contributed by atoms with Gasteiger partial charge < -0.3 is 19.5 Å². The molecule has 28 heavy (non-hydrogen) atoms. The van der Waals surface area contributed by atoms with E-state index in [2.05, 4.69) is 4.98 Å². The van der Waals surface area contributed by atoms with Crippen LogP contribution in [-0.4, -0.2) is 44.5 Å². The van der Waals surface area contributed by atoms with Gasteiger partial charge in [-0.2, -0.15) is 0 Å². The molecule has 0 aliphatic rings. The van der Waals surface area contributed by atoms with Crippen LogP contribution in [0.1, 0.15) is 45.4 Å². The molecule has 0 saturated carbocycles. The Hall–Kier alpha value is -2.93. The molecule has 3 aromatic rings. The number of aromatic nitrogens is 2. The molecule has 1 aromatic carbocycles. The summed E-state index contributed by atoms with van der Waals surface area (Å²) in [6, 6.07) is 5.63. The number of aryl methyl sites for hydroxylation is 2. The lowest BCUT2D eigenvalue weighted by molar-refractivity contribution is 0.0824. The number of imidazole rings is 1. The Morgan fingerprint density at radius 2 is 1.89 bits per heavy atom. The van der Waals surface area contributed by atoms with Crippen molar-refractivity contribution in [3.8, 4) is 5.75 Å². The highest BCUT2D eigenvalue weighted by atomic mass is 19.1. The molecule has 1 amide bonds. The van der Waals surface area contributed by atoms with Gasteiger partial charge in [0.15, 0.2) is 11.4 Å². The molecule has 2 N–H and O–H groups in total. The summed E-state index contributed by atoms with van der Waals surface area (Å²) < 4.78 is 14.8. The molecular formula is C21H24FN3O3. The Balaban J connectivity index is 2.00. The topological polar surface area (TPSA) is 78.1 Å². The van der Waals surface area contributed by atoms with Gasteiger partial charge in [0.05, 0.1) is 17.4 Å². The molecule has 0 spiro atoms. The smallest absolute Gasteiger partial charge is 0.255 e. The van der Waals surface area contributed by atoms with Crippen molar-refractivity contribution in [2.24, 2.45) is 0 Å². The number of fused-ring (bicyclic) bond motifs is 1. The third-order valence-corrected chi connectivity index (χ3v) is 5.03. The van der Waals surface area contributed by atoms with Gasteiger partial charge in [0, 0.05) is 31.5 Å². The maximum Gasteiger partial charge on any atom is 0.255 e. The quantitative estimate of drug-likeness (QED) is 0.707. The zero-order valence-corrected chi connectivity index (χ0v) is 16.4. The molecule has 0 aliphatic carbocycles. The number of benzene rings is 1. The molecule has 0 fully saturated rings. The summed E-state index contributed by atoms with van der Waals surface area (Å²) in [5.74, 6) is -0.674. The van der Waals surface area contributed by atoms with Gasteiger partial charge in [-0.3, -0.25) is 4.79 Å². The number of aromatic hydroxyl groups is 1. The van der Waals surface area contributed by atoms with Gasteiger partial charge in [0.1, 0.15) is 5.82 Å². The molecule has 7 heteroatoms. The molecule has 6 nitrogen and oxygen atoms in total. The minimum atomic E-state index is -0.846. The van der Waals surface area contributed by atoms with Crippen LogP contribution >= 0.6 is 0 Å². The molecule has 2 heterocycles. The summed E-state index contributed by atoms with van der Waals surface area (Å²) in [6.07, 6.45) is 1.37. The van der Waals surface area contributed by atoms with E-state index in [1.165, 1.54) is 29.2 Å². The van der Waals surface area contributed by atoms with Gasteiger partial charge in [0.2, 0.25) is 0 Å². The van der Waals surface area contributed by atoms with Gasteiger partial charge in [-0.1, -0.05) is 12.1 Å². The zero-order valence-electron chi connectivity index (χ0n) is 16.4. The van der Waals surface area contributed by atoms with Crippen LogP contribution in [0.5, 0.6) is 5.75 Å². The van der Waals surface area contributed by atoms with Crippen LogP contribution in [0.2, 0.25) is 0 Å². The Morgan fingerprint density at radius 3 is 2.50 bits per heavy atom. The number of carbonyl (C=O) groups is 1. The van der Waals surface area contributed by atoms with Gasteiger partial charge >= 0.3 is 0 Å². The average Bonchev–Trinajstić information content (AvgIpc) is 2.95. The minimum absolute atomic E-state index is 0.0600. The van der Waals surface area contributed by atoms with Gasteiger partial charge in [-0.25, -0.2) is 9.37 Å². The second-order valence-corrected chi connectivity index (χ2v) is 7.15. The van der Waals surface area contributed by atoms with E-state index in [1.807, 2.05) is 13.8 Å². The predicted octanol–water partition coefficient (Wildman–Crippen LogP) is 3.16. The van der Waals surface area contributed by atoms with Crippen molar-refractivity contribution in [3.63, 3.8) is 0 Å². The Kier molecular flexibility index (Phi) is 5.38. The monoisotopic (exact) mass is 385 g/mol. The summed E-state index contributed by atoms with van der Waals surface area (Å²) in [6.45, 7) is 3.71. The summed E-state index contributed by atoms with van der Waals surface area (Å²) >= 11 is 0. The molecule has 148 valence electrons. The molecule has 0 bridgehead atoms. The van der Waals surface area contributed by atoms with Crippen LogP contribution < -0.4 is 0 Å². The van der Waals surface area contributed by atoms with Crippen LogP contribution in [0.15, 0.2) is 30.5 Å². The van der Waals surface area contributed by atoms with Crippen molar-refractivity contribution in [2.45, 2.75) is 32.8 Å². The Bertz CT molecular complexity index is 1030. The first-order valence-corrected chi connectivity index (χ1v) is 9.06. The number of hydrogen-bond acceptors (Lipinski definition) is 4. The van der Waals surface area contributed by atoms with Crippen molar-refractivity contribution in [2.75, 3.05) is 14.1 Å². The van der Waals surface area contributed by atoms with Crippen LogP contribution in [0, 0.1) is 19.7 Å². The highest BCUT2D eigenvalue weighted by Crippen LogP contribution is 2.32. The number of nitrogens with zero attached hydrogens (tertiary/aromatic N) is 3. The zero-order chi connectivity index (χ0) is 20.6. The van der Waals surface area contributed by atoms with Crippen molar-refractivity contribution in [3.05, 3.63) is 64.4 Å². The van der Waals surface area contributed by atoms with E-state index in [0.29, 0.717) is 22.3 Å². The van der Waals surface area contributed by atoms with Crippen LogP contribution in [-0.2, 0) is 6.42 Å². The lowest BCUT2D eigenvalue weighted by Crippen LogP contribution is -2.24. The van der Waals surface area contributed by atoms with E-state index in [-0.39, 0.29) is 30.3 Å². The highest BCUT2D eigenvalue weighted by molar-refractivity contribution is 5.96. The molecule has 0 aliphatic heterocycles.